The summed E-state index contributed by atoms with van der Waals surface area (Å²) in [7, 11) is 0. The maximum absolute atomic E-state index is 12.4. The van der Waals surface area contributed by atoms with Gasteiger partial charge in [-0.3, -0.25) is 9.59 Å². The molecule has 12 heteroatoms. The average molecular weight is 559 g/mol. The van der Waals surface area contributed by atoms with Gasteiger partial charge in [0.15, 0.2) is 11.0 Å². The Morgan fingerprint density at radius 2 is 1.76 bits per heavy atom. The van der Waals surface area contributed by atoms with Gasteiger partial charge in [-0.2, -0.15) is 0 Å². The van der Waals surface area contributed by atoms with E-state index in [1.807, 2.05) is 29.7 Å². The summed E-state index contributed by atoms with van der Waals surface area (Å²) in [5, 5.41) is 15.7. The molecule has 1 heterocycles. The Kier molecular flexibility index (Phi) is 9.67. The summed E-state index contributed by atoms with van der Waals surface area (Å²) in [6, 6.07) is 10.2. The van der Waals surface area contributed by atoms with Crippen LogP contribution in [0.1, 0.15) is 18.3 Å². The second kappa shape index (κ2) is 12.5. The van der Waals surface area contributed by atoms with E-state index in [1.54, 1.807) is 12.1 Å². The van der Waals surface area contributed by atoms with Gasteiger partial charge in [0.25, 0.3) is 0 Å². The second-order valence-corrected chi connectivity index (χ2v) is 9.40. The molecule has 0 saturated heterocycles. The lowest BCUT2D eigenvalue weighted by Crippen LogP contribution is -2.22. The van der Waals surface area contributed by atoms with Crippen LogP contribution < -0.4 is 10.6 Å². The molecule has 0 spiro atoms. The zero-order chi connectivity index (χ0) is 24.7. The minimum Gasteiger partial charge on any atom is -0.345 e. The Hall–Kier alpha value is -2.23. The van der Waals surface area contributed by atoms with E-state index in [2.05, 4.69) is 20.8 Å². The molecule has 2 amide bonds. The first-order valence-electron chi connectivity index (χ1n) is 9.98. The third-order valence-electron chi connectivity index (χ3n) is 4.45. The van der Waals surface area contributed by atoms with E-state index < -0.39 is 0 Å². The first kappa shape index (κ1) is 26.4. The molecule has 3 rings (SSSR count). The van der Waals surface area contributed by atoms with Crippen LogP contribution in [0.4, 0.5) is 5.69 Å². The van der Waals surface area contributed by atoms with Gasteiger partial charge >= 0.3 is 0 Å². The van der Waals surface area contributed by atoms with Crippen molar-refractivity contribution < 1.29 is 9.59 Å². The molecule has 1 aromatic heterocycles. The van der Waals surface area contributed by atoms with Crippen molar-refractivity contribution in [3.63, 3.8) is 0 Å². The van der Waals surface area contributed by atoms with Gasteiger partial charge in [0.2, 0.25) is 11.8 Å². The largest absolute Gasteiger partial charge is 0.345 e. The number of thioether (sulfide) groups is 1. The maximum Gasteiger partial charge on any atom is 0.244 e. The number of carbonyl (C=O) groups excluding carboxylic acids is 2. The van der Waals surface area contributed by atoms with Gasteiger partial charge in [0.05, 0.1) is 28.0 Å². The lowest BCUT2D eigenvalue weighted by atomic mass is 10.2. The van der Waals surface area contributed by atoms with Crippen molar-refractivity contribution in [2.75, 3.05) is 11.1 Å². The minimum absolute atomic E-state index is 0.0559. The zero-order valence-electron chi connectivity index (χ0n) is 17.8. The molecular formula is C22H19Cl4N5O2S. The Balaban J connectivity index is 1.56. The summed E-state index contributed by atoms with van der Waals surface area (Å²) in [6.07, 6.45) is 3.04. The normalized spacial score (nSPS) is 11.1. The number of halogens is 4. The SMILES string of the molecule is CCn1c(CNC(=O)/C=C/c2ccccc2Cl)nnc1SCC(=O)Nc1c(Cl)cc(Cl)cc1Cl. The maximum atomic E-state index is 12.4. The van der Waals surface area contributed by atoms with Gasteiger partial charge in [0, 0.05) is 22.7 Å². The summed E-state index contributed by atoms with van der Waals surface area (Å²) in [5.74, 6) is 0.00581. The first-order valence-corrected chi connectivity index (χ1v) is 12.5. The van der Waals surface area contributed by atoms with Crippen molar-refractivity contribution in [3.8, 4) is 0 Å². The van der Waals surface area contributed by atoms with E-state index in [0.717, 1.165) is 5.56 Å². The highest BCUT2D eigenvalue weighted by Crippen LogP contribution is 2.33. The van der Waals surface area contributed by atoms with Crippen LogP contribution in [-0.4, -0.2) is 32.3 Å². The number of aromatic nitrogens is 3. The number of benzene rings is 2. The van der Waals surface area contributed by atoms with E-state index in [0.29, 0.717) is 33.3 Å². The Morgan fingerprint density at radius 3 is 2.44 bits per heavy atom. The molecule has 7 nitrogen and oxygen atoms in total. The Bertz CT molecular complexity index is 1210. The fraction of sp³-hybridized carbons (Fsp3) is 0.182. The molecule has 0 aliphatic rings. The highest BCUT2D eigenvalue weighted by Gasteiger charge is 2.16. The molecule has 0 aliphatic heterocycles. The molecular weight excluding hydrogens is 540 g/mol. The third-order valence-corrected chi connectivity index (χ3v) is 6.58. The van der Waals surface area contributed by atoms with Crippen molar-refractivity contribution in [2.45, 2.75) is 25.2 Å². The molecule has 0 unspecified atom stereocenters. The summed E-state index contributed by atoms with van der Waals surface area (Å²) >= 11 is 25.4. The van der Waals surface area contributed by atoms with Crippen molar-refractivity contribution in [1.29, 1.82) is 0 Å². The summed E-state index contributed by atoms with van der Waals surface area (Å²) in [5.41, 5.74) is 1.04. The number of hydrogen-bond acceptors (Lipinski definition) is 5. The number of rotatable bonds is 9. The average Bonchev–Trinajstić information content (AvgIpc) is 3.20. The molecule has 178 valence electrons. The van der Waals surface area contributed by atoms with Gasteiger partial charge in [-0.1, -0.05) is 76.4 Å². The highest BCUT2D eigenvalue weighted by atomic mass is 35.5. The summed E-state index contributed by atoms with van der Waals surface area (Å²) in [6.45, 7) is 2.66. The molecule has 0 bridgehead atoms. The standard InChI is InChI=1S/C22H19Cl4N5O2S/c1-2-31-18(11-27-19(32)8-7-13-5-3-4-6-15(13)24)29-30-22(31)34-12-20(33)28-21-16(25)9-14(23)10-17(21)26/h3-10H,2,11-12H2,1H3,(H,27,32)(H,28,33)/b8-7+. The monoisotopic (exact) mass is 557 g/mol. The van der Waals surface area contributed by atoms with Crippen LogP contribution >= 0.6 is 58.2 Å². The molecule has 0 saturated carbocycles. The predicted molar refractivity (Wildman–Crippen MR) is 139 cm³/mol. The lowest BCUT2D eigenvalue weighted by Gasteiger charge is -2.10. The van der Waals surface area contributed by atoms with Crippen molar-refractivity contribution in [1.82, 2.24) is 20.1 Å². The quantitative estimate of drug-likeness (QED) is 0.249. The Labute approximate surface area is 220 Å². The fourth-order valence-corrected chi connectivity index (χ4v) is 4.77. The number of anilines is 1. The topological polar surface area (TPSA) is 88.9 Å². The summed E-state index contributed by atoms with van der Waals surface area (Å²) in [4.78, 5) is 24.6. The molecule has 34 heavy (non-hydrogen) atoms. The van der Waals surface area contributed by atoms with Gasteiger partial charge in [-0.25, -0.2) is 0 Å². The van der Waals surface area contributed by atoms with E-state index >= 15 is 0 Å². The fourth-order valence-electron chi connectivity index (χ4n) is 2.84. The van der Waals surface area contributed by atoms with Crippen LogP contribution in [0.25, 0.3) is 6.08 Å². The number of hydrogen-bond donors (Lipinski definition) is 2. The van der Waals surface area contributed by atoms with Gasteiger partial charge in [-0.15, -0.1) is 10.2 Å². The van der Waals surface area contributed by atoms with Crippen LogP contribution in [0.15, 0.2) is 47.6 Å². The van der Waals surface area contributed by atoms with Crippen LogP contribution in [-0.2, 0) is 22.7 Å². The highest BCUT2D eigenvalue weighted by molar-refractivity contribution is 7.99. The van der Waals surface area contributed by atoms with Crippen LogP contribution in [0.5, 0.6) is 0 Å². The molecule has 0 fully saturated rings. The van der Waals surface area contributed by atoms with Gasteiger partial charge < -0.3 is 15.2 Å². The minimum atomic E-state index is -0.318. The molecule has 0 radical (unpaired) electrons. The lowest BCUT2D eigenvalue weighted by molar-refractivity contribution is -0.116. The first-order chi connectivity index (χ1) is 16.3. The Morgan fingerprint density at radius 1 is 1.06 bits per heavy atom. The van der Waals surface area contributed by atoms with E-state index in [9.17, 15) is 9.59 Å². The molecule has 2 N–H and O–H groups in total. The van der Waals surface area contributed by atoms with Gasteiger partial charge in [0.1, 0.15) is 0 Å². The number of nitrogens with one attached hydrogen (secondary N) is 2. The smallest absolute Gasteiger partial charge is 0.244 e. The van der Waals surface area contributed by atoms with Crippen molar-refractivity contribution in [3.05, 3.63) is 74.0 Å². The van der Waals surface area contributed by atoms with Crippen molar-refractivity contribution in [2.24, 2.45) is 0 Å². The van der Waals surface area contributed by atoms with Crippen LogP contribution in [0.2, 0.25) is 20.1 Å². The van der Waals surface area contributed by atoms with E-state index in [1.165, 1.54) is 30.0 Å². The molecule has 0 aliphatic carbocycles. The van der Waals surface area contributed by atoms with E-state index in [-0.39, 0.29) is 34.2 Å². The number of carbonyl (C=O) groups is 2. The molecule has 0 atom stereocenters. The second-order valence-electron chi connectivity index (χ2n) is 6.80. The van der Waals surface area contributed by atoms with Gasteiger partial charge in [-0.05, 0) is 36.8 Å². The van der Waals surface area contributed by atoms with Crippen LogP contribution in [0.3, 0.4) is 0 Å². The summed E-state index contributed by atoms with van der Waals surface area (Å²) < 4.78 is 1.82. The third kappa shape index (κ3) is 7.13. The molecule has 3 aromatic rings. The molecule has 2 aromatic carbocycles. The number of nitrogens with zero attached hydrogens (tertiary/aromatic N) is 3. The predicted octanol–water partition coefficient (Wildman–Crippen LogP) is 5.97. The van der Waals surface area contributed by atoms with Crippen LogP contribution in [0, 0.1) is 0 Å². The van der Waals surface area contributed by atoms with Crippen molar-refractivity contribution >= 4 is 81.7 Å². The number of amides is 2. The van der Waals surface area contributed by atoms with E-state index in [4.69, 9.17) is 46.4 Å². The zero-order valence-corrected chi connectivity index (χ0v) is 21.7.